The van der Waals surface area contributed by atoms with E-state index >= 15 is 0 Å². The quantitative estimate of drug-likeness (QED) is 0.700. The van der Waals surface area contributed by atoms with Gasteiger partial charge in [-0.15, -0.1) is 0 Å². The molecule has 13 heavy (non-hydrogen) atoms. The monoisotopic (exact) mass is 184 g/mol. The Bertz CT molecular complexity index is 141. The maximum Gasteiger partial charge on any atom is 0.0107 e. The summed E-state index contributed by atoms with van der Waals surface area (Å²) in [5, 5.41) is 3.22. The van der Waals surface area contributed by atoms with E-state index in [9.17, 15) is 0 Å². The molecule has 0 aromatic heterocycles. The van der Waals surface area contributed by atoms with E-state index < -0.39 is 0 Å². The third kappa shape index (κ3) is 2.68. The molecule has 0 unspecified atom stereocenters. The molecular formula is C11H24N2. The zero-order chi connectivity index (χ0) is 9.73. The maximum absolute atomic E-state index is 3.22. The molecule has 1 N–H and O–H groups in total. The Hall–Kier alpha value is -0.0800. The van der Waals surface area contributed by atoms with Crippen LogP contribution in [-0.2, 0) is 0 Å². The molecule has 2 nitrogen and oxygen atoms in total. The minimum atomic E-state index is 0.647. The number of nitrogens with one attached hydrogen (secondary N) is 1. The van der Waals surface area contributed by atoms with Crippen LogP contribution >= 0.6 is 0 Å². The molecule has 0 aromatic rings. The van der Waals surface area contributed by atoms with E-state index in [4.69, 9.17) is 0 Å². The van der Waals surface area contributed by atoms with Gasteiger partial charge in [0.25, 0.3) is 0 Å². The molecule has 1 fully saturated rings. The van der Waals surface area contributed by atoms with Crippen LogP contribution in [0.1, 0.15) is 33.1 Å². The zero-order valence-corrected chi connectivity index (χ0v) is 9.40. The van der Waals surface area contributed by atoms with E-state index in [1.54, 1.807) is 0 Å². The highest BCUT2D eigenvalue weighted by Gasteiger charge is 2.34. The lowest BCUT2D eigenvalue weighted by Gasteiger charge is -2.26. The van der Waals surface area contributed by atoms with Gasteiger partial charge in [0.15, 0.2) is 0 Å². The lowest BCUT2D eigenvalue weighted by Crippen LogP contribution is -2.31. The predicted molar refractivity (Wildman–Crippen MR) is 58.0 cm³/mol. The van der Waals surface area contributed by atoms with Crippen LogP contribution in [-0.4, -0.2) is 38.1 Å². The molecule has 0 aliphatic carbocycles. The van der Waals surface area contributed by atoms with E-state index in [2.05, 4.69) is 24.1 Å². The molecule has 0 spiro atoms. The van der Waals surface area contributed by atoms with Crippen molar-refractivity contribution < 1.29 is 0 Å². The highest BCUT2D eigenvalue weighted by molar-refractivity contribution is 4.87. The fraction of sp³-hybridized carbons (Fsp3) is 1.00. The van der Waals surface area contributed by atoms with Crippen molar-refractivity contribution in [3.8, 4) is 0 Å². The summed E-state index contributed by atoms with van der Waals surface area (Å²) in [5.41, 5.74) is 0.647. The summed E-state index contributed by atoms with van der Waals surface area (Å²) in [4.78, 5) is 2.60. The van der Waals surface area contributed by atoms with E-state index in [1.165, 1.54) is 38.9 Å². The smallest absolute Gasteiger partial charge is 0.0107 e. The van der Waals surface area contributed by atoms with Gasteiger partial charge >= 0.3 is 0 Å². The van der Waals surface area contributed by atoms with Gasteiger partial charge in [-0.25, -0.2) is 0 Å². The van der Waals surface area contributed by atoms with Crippen molar-refractivity contribution in [3.63, 3.8) is 0 Å². The second-order valence-electron chi connectivity index (χ2n) is 4.34. The SMILES string of the molecule is CCC1(CC)CCN(CCNC)C1. The molecule has 0 bridgehead atoms. The number of rotatable bonds is 5. The summed E-state index contributed by atoms with van der Waals surface area (Å²) in [6.07, 6.45) is 4.10. The van der Waals surface area contributed by atoms with E-state index in [-0.39, 0.29) is 0 Å². The van der Waals surface area contributed by atoms with Crippen molar-refractivity contribution >= 4 is 0 Å². The molecule has 1 heterocycles. The zero-order valence-electron chi connectivity index (χ0n) is 9.40. The number of nitrogens with zero attached hydrogens (tertiary/aromatic N) is 1. The van der Waals surface area contributed by atoms with E-state index in [0.29, 0.717) is 5.41 Å². The second-order valence-corrected chi connectivity index (χ2v) is 4.34. The molecule has 1 aliphatic heterocycles. The molecule has 0 atom stereocenters. The summed E-state index contributed by atoms with van der Waals surface area (Å²) in [6, 6.07) is 0. The predicted octanol–water partition coefficient (Wildman–Crippen LogP) is 1.72. The first-order valence-electron chi connectivity index (χ1n) is 5.63. The summed E-state index contributed by atoms with van der Waals surface area (Å²) in [6.45, 7) is 9.66. The summed E-state index contributed by atoms with van der Waals surface area (Å²) >= 11 is 0. The topological polar surface area (TPSA) is 15.3 Å². The van der Waals surface area contributed by atoms with Gasteiger partial charge in [-0.2, -0.15) is 0 Å². The van der Waals surface area contributed by atoms with Crippen LogP contribution in [0.5, 0.6) is 0 Å². The first kappa shape index (κ1) is 11.0. The fourth-order valence-electron chi connectivity index (χ4n) is 2.32. The number of likely N-dealkylation sites (tertiary alicyclic amines) is 1. The van der Waals surface area contributed by atoms with Gasteiger partial charge in [-0.05, 0) is 38.3 Å². The van der Waals surface area contributed by atoms with E-state index in [0.717, 1.165) is 6.54 Å². The van der Waals surface area contributed by atoms with Crippen molar-refractivity contribution in [3.05, 3.63) is 0 Å². The summed E-state index contributed by atoms with van der Waals surface area (Å²) in [5.74, 6) is 0. The molecule has 0 amide bonds. The van der Waals surface area contributed by atoms with Crippen LogP contribution in [0.15, 0.2) is 0 Å². The van der Waals surface area contributed by atoms with Gasteiger partial charge in [-0.3, -0.25) is 0 Å². The molecule has 1 aliphatic rings. The van der Waals surface area contributed by atoms with Crippen molar-refractivity contribution in [2.75, 3.05) is 33.2 Å². The van der Waals surface area contributed by atoms with Gasteiger partial charge in [0.05, 0.1) is 0 Å². The second kappa shape index (κ2) is 4.97. The fourth-order valence-corrected chi connectivity index (χ4v) is 2.32. The molecule has 0 aromatic carbocycles. The first-order chi connectivity index (χ1) is 6.26. The van der Waals surface area contributed by atoms with Crippen LogP contribution in [0.4, 0.5) is 0 Å². The van der Waals surface area contributed by atoms with Crippen LogP contribution in [0.25, 0.3) is 0 Å². The Morgan fingerprint density at radius 1 is 1.31 bits per heavy atom. The highest BCUT2D eigenvalue weighted by Crippen LogP contribution is 2.36. The molecule has 0 saturated carbocycles. The van der Waals surface area contributed by atoms with Gasteiger partial charge in [0, 0.05) is 19.6 Å². The summed E-state index contributed by atoms with van der Waals surface area (Å²) < 4.78 is 0. The maximum atomic E-state index is 3.22. The minimum Gasteiger partial charge on any atom is -0.318 e. The average Bonchev–Trinajstić information content (AvgIpc) is 2.59. The Morgan fingerprint density at radius 2 is 2.00 bits per heavy atom. The third-order valence-corrected chi connectivity index (χ3v) is 3.70. The van der Waals surface area contributed by atoms with Gasteiger partial charge < -0.3 is 10.2 Å². The molecule has 0 radical (unpaired) electrons. The van der Waals surface area contributed by atoms with Crippen LogP contribution in [0, 0.1) is 5.41 Å². The number of hydrogen-bond acceptors (Lipinski definition) is 2. The Balaban J connectivity index is 2.33. The summed E-state index contributed by atoms with van der Waals surface area (Å²) in [7, 11) is 2.03. The number of likely N-dealkylation sites (N-methyl/N-ethyl adjacent to an activating group) is 1. The largest absolute Gasteiger partial charge is 0.318 e. The molecule has 78 valence electrons. The molecule has 2 heteroatoms. The van der Waals surface area contributed by atoms with Gasteiger partial charge in [0.2, 0.25) is 0 Å². The van der Waals surface area contributed by atoms with Crippen molar-refractivity contribution in [2.45, 2.75) is 33.1 Å². The van der Waals surface area contributed by atoms with Crippen LogP contribution in [0.2, 0.25) is 0 Å². The van der Waals surface area contributed by atoms with Gasteiger partial charge in [0.1, 0.15) is 0 Å². The van der Waals surface area contributed by atoms with Crippen molar-refractivity contribution in [2.24, 2.45) is 5.41 Å². The van der Waals surface area contributed by atoms with Crippen LogP contribution < -0.4 is 5.32 Å². The minimum absolute atomic E-state index is 0.647. The Labute approximate surface area is 82.7 Å². The lowest BCUT2D eigenvalue weighted by atomic mass is 9.82. The first-order valence-corrected chi connectivity index (χ1v) is 5.63. The Kier molecular flexibility index (Phi) is 4.20. The van der Waals surface area contributed by atoms with Crippen molar-refractivity contribution in [1.82, 2.24) is 10.2 Å². The lowest BCUT2D eigenvalue weighted by molar-refractivity contribution is 0.241. The van der Waals surface area contributed by atoms with Crippen molar-refractivity contribution in [1.29, 1.82) is 0 Å². The third-order valence-electron chi connectivity index (χ3n) is 3.70. The number of hydrogen-bond donors (Lipinski definition) is 1. The Morgan fingerprint density at radius 3 is 2.46 bits per heavy atom. The average molecular weight is 184 g/mol. The molecular weight excluding hydrogens is 160 g/mol. The normalized spacial score (nSPS) is 22.4. The molecule has 1 rings (SSSR count). The standard InChI is InChI=1S/C11H24N2/c1-4-11(5-2)6-8-13(10-11)9-7-12-3/h12H,4-10H2,1-3H3. The van der Waals surface area contributed by atoms with Crippen LogP contribution in [0.3, 0.4) is 0 Å². The van der Waals surface area contributed by atoms with Gasteiger partial charge in [-0.1, -0.05) is 13.8 Å². The van der Waals surface area contributed by atoms with E-state index in [1.807, 2.05) is 7.05 Å². The highest BCUT2D eigenvalue weighted by atomic mass is 15.2. The molecule has 1 saturated heterocycles.